The molecule has 1 atom stereocenters. The maximum Gasteiger partial charge on any atom is 0.257 e. The molecule has 3 N–H and O–H groups in total. The Kier molecular flexibility index (Phi) is 5.69. The summed E-state index contributed by atoms with van der Waals surface area (Å²) in [5.74, 6) is -0.444. The number of nitrogens with zero attached hydrogens (tertiary/aromatic N) is 2. The maximum absolute atomic E-state index is 14.0. The van der Waals surface area contributed by atoms with E-state index in [-0.39, 0.29) is 24.1 Å². The Labute approximate surface area is 157 Å². The molecule has 1 aromatic carbocycles. The second kappa shape index (κ2) is 8.16. The summed E-state index contributed by atoms with van der Waals surface area (Å²) in [5.41, 5.74) is 7.35. The summed E-state index contributed by atoms with van der Waals surface area (Å²) in [6, 6.07) is 6.50. The molecule has 1 amide bonds. The third kappa shape index (κ3) is 4.07. The van der Waals surface area contributed by atoms with Crippen molar-refractivity contribution in [3.8, 4) is 5.75 Å². The van der Waals surface area contributed by atoms with E-state index in [1.165, 1.54) is 12.3 Å². The Morgan fingerprint density at radius 1 is 1.41 bits per heavy atom. The van der Waals surface area contributed by atoms with E-state index in [0.717, 1.165) is 25.5 Å². The van der Waals surface area contributed by atoms with Gasteiger partial charge in [-0.1, -0.05) is 6.07 Å². The van der Waals surface area contributed by atoms with Gasteiger partial charge in [-0.2, -0.15) is 0 Å². The molecule has 6 nitrogen and oxygen atoms in total. The normalized spacial score (nSPS) is 16.8. The number of ether oxygens (including phenoxy) is 1. The highest BCUT2D eigenvalue weighted by Gasteiger charge is 2.29. The molecule has 0 bridgehead atoms. The number of carbonyl (C=O) groups excluding carboxylic acids is 1. The number of benzene rings is 1. The number of nitrogens with one attached hydrogen (secondary N) is 1. The number of amides is 1. The van der Waals surface area contributed by atoms with Crippen LogP contribution in [-0.4, -0.2) is 40.7 Å². The quantitative estimate of drug-likeness (QED) is 0.624. The van der Waals surface area contributed by atoms with E-state index in [2.05, 4.69) is 4.98 Å². The molecule has 1 aliphatic heterocycles. The minimum absolute atomic E-state index is 0.0249. The minimum Gasteiger partial charge on any atom is -0.491 e. The van der Waals surface area contributed by atoms with Gasteiger partial charge in [0.2, 0.25) is 0 Å². The highest BCUT2D eigenvalue weighted by atomic mass is 19.1. The molecular weight excluding hydrogens is 347 g/mol. The van der Waals surface area contributed by atoms with Gasteiger partial charge >= 0.3 is 0 Å². The molecule has 0 radical (unpaired) electrons. The zero-order chi connectivity index (χ0) is 19.4. The summed E-state index contributed by atoms with van der Waals surface area (Å²) < 4.78 is 19.9. The molecule has 142 valence electrons. The minimum atomic E-state index is -0.620. The van der Waals surface area contributed by atoms with E-state index < -0.39 is 5.82 Å². The Morgan fingerprint density at radius 3 is 2.96 bits per heavy atom. The van der Waals surface area contributed by atoms with Crippen LogP contribution in [0.15, 0.2) is 36.7 Å². The van der Waals surface area contributed by atoms with Gasteiger partial charge in [-0.15, -0.1) is 0 Å². The third-order valence-electron chi connectivity index (χ3n) is 4.76. The summed E-state index contributed by atoms with van der Waals surface area (Å²) >= 11 is 0. The largest absolute Gasteiger partial charge is 0.491 e. The second-order valence-electron chi connectivity index (χ2n) is 6.66. The number of pyridine rings is 1. The first-order valence-electron chi connectivity index (χ1n) is 8.96. The van der Waals surface area contributed by atoms with E-state index in [9.17, 15) is 9.18 Å². The first-order chi connectivity index (χ1) is 13.0. The zero-order valence-corrected chi connectivity index (χ0v) is 15.2. The number of nitrogen functional groups attached to an aromatic ring is 1. The number of likely N-dealkylation sites (tertiary alicyclic amines) is 1. The van der Waals surface area contributed by atoms with Gasteiger partial charge in [0.1, 0.15) is 12.4 Å². The average Bonchev–Trinajstić information content (AvgIpc) is 2.66. The topological polar surface area (TPSA) is 92.3 Å². The van der Waals surface area contributed by atoms with Crippen molar-refractivity contribution in [1.82, 2.24) is 9.88 Å². The number of rotatable bonds is 5. The van der Waals surface area contributed by atoms with Crippen LogP contribution >= 0.6 is 0 Å². The predicted molar refractivity (Wildman–Crippen MR) is 102 cm³/mol. The Hall–Kier alpha value is -2.96. The van der Waals surface area contributed by atoms with Crippen molar-refractivity contribution < 1.29 is 13.9 Å². The molecule has 0 saturated carbocycles. The van der Waals surface area contributed by atoms with Crippen molar-refractivity contribution in [2.45, 2.75) is 32.2 Å². The molecule has 0 aliphatic carbocycles. The fourth-order valence-electron chi connectivity index (χ4n) is 3.40. The fraction of sp³-hybridized carbons (Fsp3) is 0.350. The molecule has 27 heavy (non-hydrogen) atoms. The van der Waals surface area contributed by atoms with Crippen molar-refractivity contribution in [2.24, 2.45) is 0 Å². The lowest BCUT2D eigenvalue weighted by Gasteiger charge is -2.35. The smallest absolute Gasteiger partial charge is 0.257 e. The van der Waals surface area contributed by atoms with Gasteiger partial charge < -0.3 is 20.8 Å². The number of halogens is 1. The van der Waals surface area contributed by atoms with Crippen molar-refractivity contribution in [3.63, 3.8) is 0 Å². The first-order valence-corrected chi connectivity index (χ1v) is 8.96. The summed E-state index contributed by atoms with van der Waals surface area (Å²) in [4.78, 5) is 18.2. The van der Waals surface area contributed by atoms with Crippen LogP contribution in [0.5, 0.6) is 5.75 Å². The molecule has 0 spiro atoms. The molecule has 1 fully saturated rings. The Balaban J connectivity index is 1.78. The van der Waals surface area contributed by atoms with Crippen LogP contribution in [0, 0.1) is 11.2 Å². The highest BCUT2D eigenvalue weighted by molar-refractivity contribution is 6.03. The number of piperidine rings is 1. The third-order valence-corrected chi connectivity index (χ3v) is 4.76. The molecule has 2 aromatic rings. The molecule has 7 heteroatoms. The van der Waals surface area contributed by atoms with Gasteiger partial charge in [0, 0.05) is 24.1 Å². The van der Waals surface area contributed by atoms with E-state index >= 15 is 0 Å². The van der Waals surface area contributed by atoms with Crippen molar-refractivity contribution in [2.75, 3.05) is 18.9 Å². The fourth-order valence-corrected chi connectivity index (χ4v) is 3.40. The molecule has 1 unspecified atom stereocenters. The van der Waals surface area contributed by atoms with Gasteiger partial charge in [-0.3, -0.25) is 9.78 Å². The second-order valence-corrected chi connectivity index (χ2v) is 6.66. The van der Waals surface area contributed by atoms with Crippen molar-refractivity contribution in [1.29, 1.82) is 5.41 Å². The van der Waals surface area contributed by atoms with Gasteiger partial charge in [0.25, 0.3) is 5.91 Å². The lowest BCUT2D eigenvalue weighted by Crippen LogP contribution is -2.47. The number of carbonyl (C=O) groups is 1. The van der Waals surface area contributed by atoms with Crippen molar-refractivity contribution in [3.05, 3.63) is 53.6 Å². The predicted octanol–water partition coefficient (Wildman–Crippen LogP) is 3.26. The number of aromatic nitrogens is 1. The van der Waals surface area contributed by atoms with Crippen LogP contribution in [0.4, 0.5) is 10.1 Å². The summed E-state index contributed by atoms with van der Waals surface area (Å²) in [6.45, 7) is 2.48. The summed E-state index contributed by atoms with van der Waals surface area (Å²) in [7, 11) is 0. The molecule has 1 aliphatic rings. The van der Waals surface area contributed by atoms with Crippen LogP contribution in [0.25, 0.3) is 0 Å². The SMILES string of the molecule is CC(=N)c1c(N)cccc1OCC1CCCCN1C(=O)c1ccncc1F. The number of hydrogen-bond acceptors (Lipinski definition) is 5. The van der Waals surface area contributed by atoms with Gasteiger partial charge in [-0.25, -0.2) is 4.39 Å². The summed E-state index contributed by atoms with van der Waals surface area (Å²) in [5, 5.41) is 7.91. The van der Waals surface area contributed by atoms with Crippen LogP contribution in [-0.2, 0) is 0 Å². The molecule has 3 rings (SSSR count). The molecule has 1 saturated heterocycles. The Bertz CT molecular complexity index is 856. The first kappa shape index (κ1) is 18.8. The van der Waals surface area contributed by atoms with Crippen LogP contribution in [0.3, 0.4) is 0 Å². The monoisotopic (exact) mass is 370 g/mol. The van der Waals surface area contributed by atoms with E-state index in [1.54, 1.807) is 30.0 Å². The van der Waals surface area contributed by atoms with E-state index in [4.69, 9.17) is 15.9 Å². The summed E-state index contributed by atoms with van der Waals surface area (Å²) in [6.07, 6.45) is 5.09. The zero-order valence-electron chi connectivity index (χ0n) is 15.2. The Morgan fingerprint density at radius 2 is 2.22 bits per heavy atom. The highest BCUT2D eigenvalue weighted by Crippen LogP contribution is 2.27. The molecule has 2 heterocycles. The van der Waals surface area contributed by atoms with Crippen LogP contribution < -0.4 is 10.5 Å². The lowest BCUT2D eigenvalue weighted by molar-refractivity contribution is 0.0523. The van der Waals surface area contributed by atoms with Gasteiger partial charge in [-0.05, 0) is 44.4 Å². The number of hydrogen-bond donors (Lipinski definition) is 2. The van der Waals surface area contributed by atoms with Gasteiger partial charge in [0.05, 0.1) is 23.4 Å². The molecular formula is C20H23FN4O2. The average molecular weight is 370 g/mol. The van der Waals surface area contributed by atoms with Crippen LogP contribution in [0.1, 0.15) is 42.1 Å². The van der Waals surface area contributed by atoms with Crippen molar-refractivity contribution >= 4 is 17.3 Å². The number of nitrogens with two attached hydrogens (primary N) is 1. The lowest BCUT2D eigenvalue weighted by atomic mass is 10.0. The molecule has 1 aromatic heterocycles. The standard InChI is InChI=1S/C20H23FN4O2/c1-13(22)19-17(23)6-4-7-18(19)27-12-14-5-2-3-10-25(14)20(26)15-8-9-24-11-16(15)21/h4,6-9,11,14,22H,2-3,5,10,12,23H2,1H3. The van der Waals surface area contributed by atoms with Crippen LogP contribution in [0.2, 0.25) is 0 Å². The van der Waals surface area contributed by atoms with E-state index in [0.29, 0.717) is 29.3 Å². The van der Waals surface area contributed by atoms with E-state index in [1.807, 2.05) is 0 Å². The number of anilines is 1. The maximum atomic E-state index is 14.0. The van der Waals surface area contributed by atoms with Gasteiger partial charge in [0.15, 0.2) is 5.82 Å².